The van der Waals surface area contributed by atoms with Crippen LogP contribution in [0.4, 0.5) is 21.0 Å². The molecule has 2 aromatic carbocycles. The number of nitrogens with one attached hydrogen (secondary N) is 2. The van der Waals surface area contributed by atoms with Crippen molar-refractivity contribution >= 4 is 64.0 Å². The van der Waals surface area contributed by atoms with Crippen LogP contribution in [0.1, 0.15) is 20.8 Å². The number of hydrogen-bond acceptors (Lipinski definition) is 4. The zero-order chi connectivity index (χ0) is 22.5. The summed E-state index contributed by atoms with van der Waals surface area (Å²) < 4.78 is 0. The van der Waals surface area contributed by atoms with Crippen molar-refractivity contribution in [2.24, 2.45) is 5.16 Å². The fourth-order valence-corrected chi connectivity index (χ4v) is 2.69. The van der Waals surface area contributed by atoms with Crippen LogP contribution in [0.25, 0.3) is 0 Å². The third-order valence-electron chi connectivity index (χ3n) is 4.54. The van der Waals surface area contributed by atoms with Crippen molar-refractivity contribution < 1.29 is 14.4 Å². The summed E-state index contributed by atoms with van der Waals surface area (Å²) in [5, 5.41) is 10.3. The summed E-state index contributed by atoms with van der Waals surface area (Å²) in [4.78, 5) is 30.9. The molecule has 160 valence electrons. The summed E-state index contributed by atoms with van der Waals surface area (Å²) in [7, 11) is 1.60. The van der Waals surface area contributed by atoms with E-state index in [9.17, 15) is 9.59 Å². The van der Waals surface area contributed by atoms with Crippen LogP contribution in [0.3, 0.4) is 0 Å². The smallest absolute Gasteiger partial charge is 0.317 e. The maximum Gasteiger partial charge on any atom is 0.437 e. The number of carbonyl (C=O) groups is 2. The summed E-state index contributed by atoms with van der Waals surface area (Å²) in [5.41, 5.74) is 0.494. The van der Waals surface area contributed by atoms with E-state index < -0.39 is 17.7 Å². The Morgan fingerprint density at radius 2 is 1.67 bits per heavy atom. The van der Waals surface area contributed by atoms with E-state index in [-0.39, 0.29) is 0 Å². The van der Waals surface area contributed by atoms with E-state index in [2.05, 4.69) is 15.8 Å². The fourth-order valence-electron chi connectivity index (χ4n) is 2.21. The number of carbonyl (C=O) groups excluding carboxylic acids is 2. The molecule has 0 aliphatic heterocycles. The van der Waals surface area contributed by atoms with E-state index in [0.29, 0.717) is 32.2 Å². The maximum atomic E-state index is 12.6. The second kappa shape index (κ2) is 10.0. The Kier molecular flexibility index (Phi) is 7.95. The highest BCUT2D eigenvalue weighted by molar-refractivity contribution is 6.42. The Hall–Kier alpha value is -2.48. The first-order valence-corrected chi connectivity index (χ1v) is 9.92. The number of rotatable bonds is 5. The zero-order valence-corrected chi connectivity index (χ0v) is 19.1. The number of benzene rings is 2. The number of oxime groups is 1. The number of anilines is 2. The third kappa shape index (κ3) is 6.26. The lowest BCUT2D eigenvalue weighted by molar-refractivity contribution is 0.162. The largest absolute Gasteiger partial charge is 0.437 e. The summed E-state index contributed by atoms with van der Waals surface area (Å²) in [5.74, 6) is 0. The zero-order valence-electron chi connectivity index (χ0n) is 16.8. The molecule has 3 amide bonds. The fraction of sp³-hybridized carbons (Fsp3) is 0.250. The molecular weight excluding hydrogens is 451 g/mol. The molecule has 2 aromatic rings. The Balaban J connectivity index is 2.01. The van der Waals surface area contributed by atoms with Gasteiger partial charge in [-0.25, -0.2) is 9.59 Å². The predicted molar refractivity (Wildman–Crippen MR) is 122 cm³/mol. The molecule has 0 heterocycles. The van der Waals surface area contributed by atoms with Gasteiger partial charge in [-0.05, 0) is 57.2 Å². The Labute approximate surface area is 189 Å². The summed E-state index contributed by atoms with van der Waals surface area (Å²) in [6.45, 7) is 5.17. The maximum absolute atomic E-state index is 12.6. The lowest BCUT2D eigenvalue weighted by Gasteiger charge is -2.35. The number of halogens is 3. The van der Waals surface area contributed by atoms with Crippen molar-refractivity contribution in [3.8, 4) is 0 Å². The van der Waals surface area contributed by atoms with Crippen molar-refractivity contribution in [2.75, 3.05) is 17.7 Å². The van der Waals surface area contributed by atoms with Crippen LogP contribution in [0, 0.1) is 0 Å². The molecule has 0 aromatic heterocycles. The van der Waals surface area contributed by atoms with E-state index in [0.717, 1.165) is 0 Å². The normalized spacial score (nSPS) is 11.6. The highest BCUT2D eigenvalue weighted by Gasteiger charge is 2.31. The standard InChI is InChI=1S/C20H21Cl3N4O3/c1-12(26-30-19(29)25-14-7-5-6-13(21)10-14)20(2,3)27(4)18(28)24-15-8-9-16(22)17(23)11-15/h5-11H,1-4H3,(H,24,28)(H,25,29). The molecule has 30 heavy (non-hydrogen) atoms. The Morgan fingerprint density at radius 3 is 2.30 bits per heavy atom. The van der Waals surface area contributed by atoms with Gasteiger partial charge in [-0.3, -0.25) is 10.2 Å². The SMILES string of the molecule is CC(=NOC(=O)Nc1cccc(Cl)c1)C(C)(C)N(C)C(=O)Nc1ccc(Cl)c(Cl)c1. The number of urea groups is 1. The average molecular weight is 472 g/mol. The molecule has 0 bridgehead atoms. The van der Waals surface area contributed by atoms with Gasteiger partial charge in [0.15, 0.2) is 0 Å². The molecule has 10 heteroatoms. The van der Waals surface area contributed by atoms with Gasteiger partial charge in [0.1, 0.15) is 0 Å². The van der Waals surface area contributed by atoms with Gasteiger partial charge in [-0.15, -0.1) is 0 Å². The molecule has 0 unspecified atom stereocenters. The molecule has 0 radical (unpaired) electrons. The van der Waals surface area contributed by atoms with Crippen LogP contribution in [0.2, 0.25) is 15.1 Å². The van der Waals surface area contributed by atoms with Gasteiger partial charge >= 0.3 is 12.1 Å². The number of hydrogen-bond donors (Lipinski definition) is 2. The van der Waals surface area contributed by atoms with Crippen molar-refractivity contribution in [3.63, 3.8) is 0 Å². The van der Waals surface area contributed by atoms with Crippen LogP contribution < -0.4 is 10.6 Å². The topological polar surface area (TPSA) is 83.0 Å². The molecule has 2 N–H and O–H groups in total. The van der Waals surface area contributed by atoms with Crippen LogP contribution >= 0.6 is 34.8 Å². The van der Waals surface area contributed by atoms with Crippen LogP contribution in [0.5, 0.6) is 0 Å². The number of nitrogens with zero attached hydrogens (tertiary/aromatic N) is 2. The minimum absolute atomic E-state index is 0.327. The van der Waals surface area contributed by atoms with Gasteiger partial charge in [0.25, 0.3) is 0 Å². The summed E-state index contributed by atoms with van der Waals surface area (Å²) >= 11 is 17.7. The van der Waals surface area contributed by atoms with Gasteiger partial charge < -0.3 is 10.2 Å². The molecule has 0 aliphatic carbocycles. The van der Waals surface area contributed by atoms with Crippen molar-refractivity contribution in [1.29, 1.82) is 0 Å². The van der Waals surface area contributed by atoms with Gasteiger partial charge in [0.05, 0.1) is 21.3 Å². The molecule has 7 nitrogen and oxygen atoms in total. The van der Waals surface area contributed by atoms with Crippen LogP contribution in [0.15, 0.2) is 47.6 Å². The van der Waals surface area contributed by atoms with Gasteiger partial charge in [-0.2, -0.15) is 0 Å². The lowest BCUT2D eigenvalue weighted by Crippen LogP contribution is -2.51. The van der Waals surface area contributed by atoms with E-state index in [1.54, 1.807) is 70.3 Å². The second-order valence-corrected chi connectivity index (χ2v) is 8.12. The van der Waals surface area contributed by atoms with Gasteiger partial charge in [0, 0.05) is 23.4 Å². The monoisotopic (exact) mass is 470 g/mol. The molecule has 0 saturated heterocycles. The lowest BCUT2D eigenvalue weighted by atomic mass is 9.98. The molecule has 2 rings (SSSR count). The predicted octanol–water partition coefficient (Wildman–Crippen LogP) is 6.51. The quantitative estimate of drug-likeness (QED) is 0.296. The Morgan fingerprint density at radius 1 is 1.00 bits per heavy atom. The first-order chi connectivity index (χ1) is 14.0. The summed E-state index contributed by atoms with van der Waals surface area (Å²) in [6.07, 6.45) is -0.782. The van der Waals surface area contributed by atoms with Crippen molar-refractivity contribution in [2.45, 2.75) is 26.3 Å². The minimum atomic E-state index is -0.864. The highest BCUT2D eigenvalue weighted by Crippen LogP contribution is 2.26. The first-order valence-electron chi connectivity index (χ1n) is 8.79. The van der Waals surface area contributed by atoms with Gasteiger partial charge in [-0.1, -0.05) is 46.0 Å². The molecule has 0 atom stereocenters. The minimum Gasteiger partial charge on any atom is -0.317 e. The molecule has 0 fully saturated rings. The molecule has 0 saturated carbocycles. The van der Waals surface area contributed by atoms with E-state index in [1.165, 1.54) is 4.90 Å². The molecule has 0 aliphatic rings. The van der Waals surface area contributed by atoms with Gasteiger partial charge in [0.2, 0.25) is 0 Å². The second-order valence-electron chi connectivity index (χ2n) is 6.87. The first kappa shape index (κ1) is 23.8. The van der Waals surface area contributed by atoms with Crippen LogP contribution in [-0.2, 0) is 4.84 Å². The summed E-state index contributed by atoms with van der Waals surface area (Å²) in [6, 6.07) is 11.0. The van der Waals surface area contributed by atoms with Crippen molar-refractivity contribution in [3.05, 3.63) is 57.5 Å². The highest BCUT2D eigenvalue weighted by atomic mass is 35.5. The molecule has 0 spiro atoms. The molecular formula is C20H21Cl3N4O3. The van der Waals surface area contributed by atoms with E-state index in [1.807, 2.05) is 0 Å². The third-order valence-corrected chi connectivity index (χ3v) is 5.51. The van der Waals surface area contributed by atoms with E-state index >= 15 is 0 Å². The average Bonchev–Trinajstić information content (AvgIpc) is 2.68. The van der Waals surface area contributed by atoms with E-state index in [4.69, 9.17) is 39.6 Å². The Bertz CT molecular complexity index is 980. The number of amides is 3. The van der Waals surface area contributed by atoms with Crippen LogP contribution in [-0.4, -0.2) is 35.3 Å². The van der Waals surface area contributed by atoms with Crippen molar-refractivity contribution in [1.82, 2.24) is 4.90 Å².